The normalized spacial score (nSPS) is 10.3. The number of nitrogens with zero attached hydrogens (tertiary/aromatic N) is 3. The Bertz CT molecular complexity index is 820. The lowest BCUT2D eigenvalue weighted by atomic mass is 10.1. The molecule has 0 aliphatic rings. The van der Waals surface area contributed by atoms with Gasteiger partial charge in [-0.1, -0.05) is 12.1 Å². The van der Waals surface area contributed by atoms with Crippen LogP contribution in [0.15, 0.2) is 49.1 Å². The van der Waals surface area contributed by atoms with Gasteiger partial charge in [-0.25, -0.2) is 4.98 Å². The number of rotatable bonds is 4. The molecule has 0 atom stereocenters. The highest BCUT2D eigenvalue weighted by molar-refractivity contribution is 5.74. The van der Waals surface area contributed by atoms with E-state index in [1.54, 1.807) is 24.5 Å². The number of ether oxygens (including phenoxy) is 1. The summed E-state index contributed by atoms with van der Waals surface area (Å²) in [6.45, 7) is 4.10. The second-order valence-corrected chi connectivity index (χ2v) is 5.10. The maximum atomic E-state index is 6.13. The highest BCUT2D eigenvalue weighted by Crippen LogP contribution is 2.31. The van der Waals surface area contributed by atoms with Crippen LogP contribution in [-0.2, 0) is 0 Å². The topological polar surface area (TPSA) is 86.0 Å². The summed E-state index contributed by atoms with van der Waals surface area (Å²) in [6, 6.07) is 9.58. The van der Waals surface area contributed by atoms with Crippen molar-refractivity contribution < 1.29 is 4.74 Å². The third kappa shape index (κ3) is 3.21. The van der Waals surface area contributed by atoms with Crippen molar-refractivity contribution in [3.05, 3.63) is 60.2 Å². The van der Waals surface area contributed by atoms with E-state index in [1.165, 1.54) is 11.9 Å². The summed E-state index contributed by atoms with van der Waals surface area (Å²) in [6.07, 6.45) is 4.68. The molecule has 0 amide bonds. The smallest absolute Gasteiger partial charge is 0.248 e. The minimum atomic E-state index is 0.292. The van der Waals surface area contributed by atoms with Crippen molar-refractivity contribution in [2.75, 3.05) is 11.1 Å². The number of hydrogen-bond acceptors (Lipinski definition) is 6. The molecule has 6 heteroatoms. The molecule has 0 bridgehead atoms. The average Bonchev–Trinajstić information content (AvgIpc) is 2.56. The molecular formula is C17H17N5O. The number of hydrogen-bond donors (Lipinski definition) is 2. The van der Waals surface area contributed by atoms with Gasteiger partial charge in [0, 0.05) is 11.9 Å². The van der Waals surface area contributed by atoms with E-state index in [4.69, 9.17) is 10.5 Å². The summed E-state index contributed by atoms with van der Waals surface area (Å²) >= 11 is 0. The lowest BCUT2D eigenvalue weighted by Crippen LogP contribution is -2.04. The molecule has 0 fully saturated rings. The Kier molecular flexibility index (Phi) is 4.05. The Morgan fingerprint density at radius 2 is 1.96 bits per heavy atom. The number of aryl methyl sites for hydroxylation is 1. The molecule has 3 rings (SSSR count). The first-order chi connectivity index (χ1) is 11.1. The lowest BCUT2D eigenvalue weighted by Gasteiger charge is -2.14. The number of nitrogen functional groups attached to an aromatic ring is 1. The fourth-order valence-electron chi connectivity index (χ4n) is 2.09. The third-order valence-corrected chi connectivity index (χ3v) is 3.55. The van der Waals surface area contributed by atoms with Crippen LogP contribution < -0.4 is 15.8 Å². The Labute approximate surface area is 134 Å². The van der Waals surface area contributed by atoms with Crippen LogP contribution in [0.4, 0.5) is 17.2 Å². The summed E-state index contributed by atoms with van der Waals surface area (Å²) in [5.74, 6) is 1.36. The number of anilines is 3. The molecule has 0 saturated heterocycles. The van der Waals surface area contributed by atoms with Crippen molar-refractivity contribution in [3.8, 4) is 11.6 Å². The van der Waals surface area contributed by atoms with Crippen LogP contribution in [0.3, 0.4) is 0 Å². The third-order valence-electron chi connectivity index (χ3n) is 3.55. The van der Waals surface area contributed by atoms with Gasteiger partial charge in [-0.05, 0) is 43.2 Å². The maximum Gasteiger partial charge on any atom is 0.248 e. The van der Waals surface area contributed by atoms with Crippen LogP contribution in [-0.4, -0.2) is 15.0 Å². The molecule has 0 saturated carbocycles. The van der Waals surface area contributed by atoms with Gasteiger partial charge in [-0.3, -0.25) is 4.98 Å². The zero-order valence-electron chi connectivity index (χ0n) is 12.9. The predicted octanol–water partition coefficient (Wildman–Crippen LogP) is 3.61. The summed E-state index contributed by atoms with van der Waals surface area (Å²) in [5, 5.41) is 3.24. The Morgan fingerprint density at radius 3 is 2.74 bits per heavy atom. The van der Waals surface area contributed by atoms with Gasteiger partial charge >= 0.3 is 0 Å². The number of benzene rings is 1. The fourth-order valence-corrected chi connectivity index (χ4v) is 2.09. The molecule has 3 N–H and O–H groups in total. The second-order valence-electron chi connectivity index (χ2n) is 5.10. The molecule has 0 aliphatic carbocycles. The van der Waals surface area contributed by atoms with E-state index in [0.717, 1.165) is 11.3 Å². The van der Waals surface area contributed by atoms with Crippen LogP contribution in [0.2, 0.25) is 0 Å². The number of nitrogens with one attached hydrogen (secondary N) is 1. The first-order valence-corrected chi connectivity index (χ1v) is 7.16. The molecule has 6 nitrogen and oxygen atoms in total. The number of nitrogens with two attached hydrogens (primary N) is 1. The van der Waals surface area contributed by atoms with Crippen LogP contribution >= 0.6 is 0 Å². The van der Waals surface area contributed by atoms with Gasteiger partial charge in [0.05, 0.1) is 6.20 Å². The summed E-state index contributed by atoms with van der Waals surface area (Å²) < 4.78 is 5.66. The van der Waals surface area contributed by atoms with Gasteiger partial charge in [0.25, 0.3) is 0 Å². The van der Waals surface area contributed by atoms with E-state index < -0.39 is 0 Å². The van der Waals surface area contributed by atoms with Crippen LogP contribution in [0, 0.1) is 13.8 Å². The van der Waals surface area contributed by atoms with E-state index in [2.05, 4.69) is 33.3 Å². The quantitative estimate of drug-likeness (QED) is 0.766. The molecule has 2 heterocycles. The number of aromatic nitrogens is 3. The van der Waals surface area contributed by atoms with Gasteiger partial charge in [0.2, 0.25) is 5.88 Å². The van der Waals surface area contributed by atoms with Crippen LogP contribution in [0.5, 0.6) is 11.6 Å². The number of pyridine rings is 1. The Hall–Kier alpha value is -3.15. The van der Waals surface area contributed by atoms with E-state index in [1.807, 2.05) is 19.1 Å². The SMILES string of the molecule is Cc1cccc(Nc2ncnc(Oc3cccnc3)c2N)c1C. The highest BCUT2D eigenvalue weighted by atomic mass is 16.5. The standard InChI is InChI=1S/C17H17N5O/c1-11-5-3-7-14(12(11)2)22-16-15(18)17(21-10-20-16)23-13-6-4-8-19-9-13/h3-10H,18H2,1-2H3,(H,20,21,22). The van der Waals surface area contributed by atoms with Crippen molar-refractivity contribution in [1.82, 2.24) is 15.0 Å². The maximum absolute atomic E-state index is 6.13. The predicted molar refractivity (Wildman–Crippen MR) is 90.0 cm³/mol. The van der Waals surface area contributed by atoms with Gasteiger partial charge in [-0.2, -0.15) is 4.98 Å². The molecule has 23 heavy (non-hydrogen) atoms. The Balaban J connectivity index is 1.89. The van der Waals surface area contributed by atoms with E-state index in [-0.39, 0.29) is 0 Å². The first kappa shape index (κ1) is 14.8. The summed E-state index contributed by atoms with van der Waals surface area (Å²) in [7, 11) is 0. The molecule has 3 aromatic rings. The lowest BCUT2D eigenvalue weighted by molar-refractivity contribution is 0.462. The van der Waals surface area contributed by atoms with Crippen LogP contribution in [0.1, 0.15) is 11.1 Å². The van der Waals surface area contributed by atoms with Gasteiger partial charge in [0.15, 0.2) is 5.82 Å². The summed E-state index contributed by atoms with van der Waals surface area (Å²) in [5.41, 5.74) is 9.75. The Morgan fingerprint density at radius 1 is 1.09 bits per heavy atom. The van der Waals surface area contributed by atoms with E-state index >= 15 is 0 Å². The molecule has 0 spiro atoms. The average molecular weight is 307 g/mol. The molecule has 0 aliphatic heterocycles. The summed E-state index contributed by atoms with van der Waals surface area (Å²) in [4.78, 5) is 12.3. The largest absolute Gasteiger partial charge is 0.435 e. The van der Waals surface area contributed by atoms with Crippen molar-refractivity contribution in [1.29, 1.82) is 0 Å². The zero-order valence-corrected chi connectivity index (χ0v) is 12.9. The van der Waals surface area contributed by atoms with Crippen molar-refractivity contribution in [2.24, 2.45) is 0 Å². The fraction of sp³-hybridized carbons (Fsp3) is 0.118. The minimum Gasteiger partial charge on any atom is -0.435 e. The second kappa shape index (κ2) is 6.31. The van der Waals surface area contributed by atoms with E-state index in [9.17, 15) is 0 Å². The molecule has 116 valence electrons. The van der Waals surface area contributed by atoms with Crippen molar-refractivity contribution in [3.63, 3.8) is 0 Å². The zero-order chi connectivity index (χ0) is 16.2. The first-order valence-electron chi connectivity index (χ1n) is 7.16. The van der Waals surface area contributed by atoms with Gasteiger partial charge < -0.3 is 15.8 Å². The van der Waals surface area contributed by atoms with Crippen molar-refractivity contribution in [2.45, 2.75) is 13.8 Å². The molecule has 0 unspecified atom stereocenters. The molecular weight excluding hydrogens is 290 g/mol. The molecule has 2 aromatic heterocycles. The van der Waals surface area contributed by atoms with E-state index in [0.29, 0.717) is 23.1 Å². The van der Waals surface area contributed by atoms with Crippen LogP contribution in [0.25, 0.3) is 0 Å². The van der Waals surface area contributed by atoms with Gasteiger partial charge in [-0.15, -0.1) is 0 Å². The monoisotopic (exact) mass is 307 g/mol. The highest BCUT2D eigenvalue weighted by Gasteiger charge is 2.12. The van der Waals surface area contributed by atoms with Gasteiger partial charge in [0.1, 0.15) is 17.8 Å². The van der Waals surface area contributed by atoms with Crippen molar-refractivity contribution >= 4 is 17.2 Å². The molecule has 1 aromatic carbocycles. The molecule has 0 radical (unpaired) electrons. The minimum absolute atomic E-state index is 0.292.